The van der Waals surface area contributed by atoms with Crippen molar-refractivity contribution in [2.24, 2.45) is 11.1 Å². The molecular weight excluding hydrogens is 368 g/mol. The Labute approximate surface area is 164 Å². The molecule has 148 valence electrons. The fourth-order valence-electron chi connectivity index (χ4n) is 3.83. The molecule has 4 N–H and O–H groups in total. The SMILES string of the molecule is CC1(CO)CN(c2cnc(/C(N)=C/NCC3OCC4(CCC4)O3)c(Cl)c2)C1. The highest BCUT2D eigenvalue weighted by molar-refractivity contribution is 6.32. The second-order valence-electron chi connectivity index (χ2n) is 8.25. The molecule has 7 nitrogen and oxygen atoms in total. The molecule has 1 atom stereocenters. The largest absolute Gasteiger partial charge is 0.396 e. The van der Waals surface area contributed by atoms with E-state index in [0.29, 0.717) is 29.6 Å². The Morgan fingerprint density at radius 1 is 1.52 bits per heavy atom. The van der Waals surface area contributed by atoms with E-state index >= 15 is 0 Å². The smallest absolute Gasteiger partial charge is 0.175 e. The Bertz CT molecular complexity index is 732. The molecule has 1 unspecified atom stereocenters. The first kappa shape index (κ1) is 18.8. The summed E-state index contributed by atoms with van der Waals surface area (Å²) < 4.78 is 11.7. The van der Waals surface area contributed by atoms with Gasteiger partial charge in [0.15, 0.2) is 6.29 Å². The van der Waals surface area contributed by atoms with Crippen LogP contribution in [0.5, 0.6) is 0 Å². The Balaban J connectivity index is 1.32. The monoisotopic (exact) mass is 394 g/mol. The van der Waals surface area contributed by atoms with Gasteiger partial charge in [0.25, 0.3) is 0 Å². The Hall–Kier alpha value is -1.54. The number of pyridine rings is 1. The van der Waals surface area contributed by atoms with Gasteiger partial charge in [0.2, 0.25) is 0 Å². The van der Waals surface area contributed by atoms with Crippen LogP contribution in [0.2, 0.25) is 5.02 Å². The summed E-state index contributed by atoms with van der Waals surface area (Å²) in [5.41, 5.74) is 8.00. The predicted molar refractivity (Wildman–Crippen MR) is 104 cm³/mol. The van der Waals surface area contributed by atoms with E-state index in [1.54, 1.807) is 12.4 Å². The average Bonchev–Trinajstić information content (AvgIpc) is 3.03. The normalized spacial score (nSPS) is 26.0. The fourth-order valence-corrected chi connectivity index (χ4v) is 4.10. The first-order valence-corrected chi connectivity index (χ1v) is 9.80. The highest BCUT2D eigenvalue weighted by Crippen LogP contribution is 2.40. The molecule has 1 aliphatic carbocycles. The number of nitrogens with one attached hydrogen (secondary N) is 1. The number of ether oxygens (including phenoxy) is 2. The number of nitrogens with zero attached hydrogens (tertiary/aromatic N) is 2. The Morgan fingerprint density at radius 2 is 2.30 bits per heavy atom. The topological polar surface area (TPSA) is 92.9 Å². The maximum atomic E-state index is 9.37. The Kier molecular flexibility index (Phi) is 4.96. The molecule has 0 radical (unpaired) electrons. The summed E-state index contributed by atoms with van der Waals surface area (Å²) in [6.07, 6.45) is 6.60. The second kappa shape index (κ2) is 7.13. The van der Waals surface area contributed by atoms with E-state index in [2.05, 4.69) is 22.1 Å². The van der Waals surface area contributed by atoms with Gasteiger partial charge in [0, 0.05) is 24.7 Å². The molecule has 1 aromatic heterocycles. The van der Waals surface area contributed by atoms with Crippen LogP contribution in [0.3, 0.4) is 0 Å². The van der Waals surface area contributed by atoms with Gasteiger partial charge < -0.3 is 30.5 Å². The number of aliphatic hydroxyl groups is 1. The number of aliphatic hydroxyl groups excluding tert-OH is 1. The minimum Gasteiger partial charge on any atom is -0.396 e. The fraction of sp³-hybridized carbons (Fsp3) is 0.632. The lowest BCUT2D eigenvalue weighted by Crippen LogP contribution is -2.56. The zero-order valence-electron chi connectivity index (χ0n) is 15.6. The standard InChI is InChI=1S/C19H27ClN4O3/c1-18(11-25)9-24(10-18)13-5-14(20)17(23-6-13)15(21)7-22-8-16-26-12-19(27-16)3-2-4-19/h5-7,16,22,25H,2-4,8-12,21H2,1H3/b15-7-. The van der Waals surface area contributed by atoms with Crippen molar-refractivity contribution in [3.05, 3.63) is 29.2 Å². The molecule has 3 fully saturated rings. The molecule has 0 bridgehead atoms. The molecule has 0 amide bonds. The molecule has 1 aromatic rings. The summed E-state index contributed by atoms with van der Waals surface area (Å²) in [5.74, 6) is 0. The second-order valence-corrected chi connectivity index (χ2v) is 8.66. The van der Waals surface area contributed by atoms with E-state index in [9.17, 15) is 5.11 Å². The molecule has 3 aliphatic rings. The number of anilines is 1. The highest BCUT2D eigenvalue weighted by atomic mass is 35.5. The maximum Gasteiger partial charge on any atom is 0.175 e. The zero-order valence-corrected chi connectivity index (χ0v) is 16.3. The van der Waals surface area contributed by atoms with Crippen LogP contribution in [-0.2, 0) is 9.47 Å². The van der Waals surface area contributed by atoms with Crippen LogP contribution in [0.15, 0.2) is 18.5 Å². The molecule has 8 heteroatoms. The molecule has 3 heterocycles. The number of rotatable bonds is 6. The quantitative estimate of drug-likeness (QED) is 0.676. The van der Waals surface area contributed by atoms with Crippen LogP contribution >= 0.6 is 11.6 Å². The van der Waals surface area contributed by atoms with Crippen molar-refractivity contribution in [1.29, 1.82) is 0 Å². The first-order chi connectivity index (χ1) is 12.9. The third-order valence-corrected chi connectivity index (χ3v) is 6.00. The van der Waals surface area contributed by atoms with Crippen LogP contribution in [0, 0.1) is 5.41 Å². The molecule has 27 heavy (non-hydrogen) atoms. The minimum absolute atomic E-state index is 0.0364. The summed E-state index contributed by atoms with van der Waals surface area (Å²) in [6, 6.07) is 1.87. The van der Waals surface area contributed by atoms with Crippen LogP contribution in [-0.4, -0.2) is 54.8 Å². The van der Waals surface area contributed by atoms with Crippen molar-refractivity contribution in [2.45, 2.75) is 38.1 Å². The molecule has 4 rings (SSSR count). The van der Waals surface area contributed by atoms with Gasteiger partial charge in [-0.1, -0.05) is 18.5 Å². The minimum atomic E-state index is -0.243. The summed E-state index contributed by atoms with van der Waals surface area (Å²) in [6.45, 7) is 5.03. The van der Waals surface area contributed by atoms with Gasteiger partial charge in [-0.2, -0.15) is 0 Å². The summed E-state index contributed by atoms with van der Waals surface area (Å²) in [4.78, 5) is 6.56. The average molecular weight is 395 g/mol. The summed E-state index contributed by atoms with van der Waals surface area (Å²) in [7, 11) is 0. The van der Waals surface area contributed by atoms with E-state index in [4.69, 9.17) is 26.8 Å². The lowest BCUT2D eigenvalue weighted by Gasteiger charge is -2.48. The van der Waals surface area contributed by atoms with Gasteiger partial charge in [-0.15, -0.1) is 0 Å². The first-order valence-electron chi connectivity index (χ1n) is 9.42. The van der Waals surface area contributed by atoms with Crippen LogP contribution in [0.25, 0.3) is 5.70 Å². The number of hydrogen-bond acceptors (Lipinski definition) is 7. The van der Waals surface area contributed by atoms with E-state index in [0.717, 1.165) is 31.6 Å². The van der Waals surface area contributed by atoms with E-state index in [1.807, 2.05) is 6.07 Å². The number of halogens is 1. The zero-order chi connectivity index (χ0) is 19.1. The van der Waals surface area contributed by atoms with Gasteiger partial charge in [-0.3, -0.25) is 4.98 Å². The van der Waals surface area contributed by atoms with Crippen molar-refractivity contribution < 1.29 is 14.6 Å². The van der Waals surface area contributed by atoms with Crippen molar-refractivity contribution in [3.8, 4) is 0 Å². The van der Waals surface area contributed by atoms with Crippen LogP contribution < -0.4 is 16.0 Å². The molecule has 1 saturated carbocycles. The highest BCUT2D eigenvalue weighted by Gasteiger charge is 2.45. The predicted octanol–water partition coefficient (Wildman–Crippen LogP) is 1.70. The lowest BCUT2D eigenvalue weighted by molar-refractivity contribution is -0.112. The van der Waals surface area contributed by atoms with Gasteiger partial charge in [-0.05, 0) is 25.3 Å². The van der Waals surface area contributed by atoms with E-state index in [-0.39, 0.29) is 23.9 Å². The number of nitrogens with two attached hydrogens (primary N) is 1. The number of aromatic nitrogens is 1. The van der Waals surface area contributed by atoms with Gasteiger partial charge in [-0.25, -0.2) is 0 Å². The van der Waals surface area contributed by atoms with Crippen LogP contribution in [0.1, 0.15) is 31.9 Å². The van der Waals surface area contributed by atoms with Crippen molar-refractivity contribution in [1.82, 2.24) is 10.3 Å². The van der Waals surface area contributed by atoms with Crippen molar-refractivity contribution >= 4 is 23.0 Å². The Morgan fingerprint density at radius 3 is 2.89 bits per heavy atom. The lowest BCUT2D eigenvalue weighted by atomic mass is 9.81. The van der Waals surface area contributed by atoms with Gasteiger partial charge >= 0.3 is 0 Å². The van der Waals surface area contributed by atoms with Crippen molar-refractivity contribution in [3.63, 3.8) is 0 Å². The molecule has 0 aromatic carbocycles. The van der Waals surface area contributed by atoms with Gasteiger partial charge in [0.05, 0.1) is 48.0 Å². The van der Waals surface area contributed by atoms with Crippen molar-refractivity contribution in [2.75, 3.05) is 37.7 Å². The van der Waals surface area contributed by atoms with Gasteiger partial charge in [0.1, 0.15) is 5.69 Å². The van der Waals surface area contributed by atoms with E-state index < -0.39 is 0 Å². The maximum absolute atomic E-state index is 9.37. The van der Waals surface area contributed by atoms with Crippen LogP contribution in [0.4, 0.5) is 5.69 Å². The van der Waals surface area contributed by atoms with E-state index in [1.165, 1.54) is 6.42 Å². The number of hydrogen-bond donors (Lipinski definition) is 3. The summed E-state index contributed by atoms with van der Waals surface area (Å²) >= 11 is 6.39. The molecule has 2 aliphatic heterocycles. The summed E-state index contributed by atoms with van der Waals surface area (Å²) in [5, 5.41) is 13.0. The molecular formula is C19H27ClN4O3. The third kappa shape index (κ3) is 3.74. The molecule has 1 spiro atoms. The third-order valence-electron chi connectivity index (χ3n) is 5.71. The molecule has 2 saturated heterocycles.